The second-order valence-electron chi connectivity index (χ2n) is 17.4. The van der Waals surface area contributed by atoms with Crippen LogP contribution in [0.5, 0.6) is 0 Å². The predicted molar refractivity (Wildman–Crippen MR) is 218 cm³/mol. The zero-order valence-electron chi connectivity index (χ0n) is 34.8. The first-order valence-electron chi connectivity index (χ1n) is 21.6. The van der Waals surface area contributed by atoms with Crippen LogP contribution in [-0.4, -0.2) is 104 Å². The van der Waals surface area contributed by atoms with Crippen LogP contribution in [0.15, 0.2) is 36.5 Å². The first-order valence-corrected chi connectivity index (χ1v) is 21.6. The number of primary amides is 1. The number of aliphatic hydroxyl groups is 1. The molecule has 4 unspecified atom stereocenters. The number of Topliss-reactive ketones (excluding diaryl/α,β-unsaturated/α-hetero) is 1. The minimum absolute atomic E-state index is 0.0144. The van der Waals surface area contributed by atoms with Crippen molar-refractivity contribution in [1.29, 1.82) is 0 Å². The average molecular weight is 835 g/mol. The Morgan fingerprint density at radius 1 is 0.967 bits per heavy atom. The predicted octanol–water partition coefficient (Wildman–Crippen LogP) is 1.63. The Balaban J connectivity index is 1.17. The minimum atomic E-state index is -1.34. The maximum Gasteiger partial charge on any atom is 0.407 e. The van der Waals surface area contributed by atoms with Crippen molar-refractivity contribution >= 4 is 35.5 Å². The zero-order chi connectivity index (χ0) is 42.8. The van der Waals surface area contributed by atoms with Gasteiger partial charge in [-0.2, -0.15) is 0 Å². The van der Waals surface area contributed by atoms with Gasteiger partial charge < -0.3 is 36.4 Å². The van der Waals surface area contributed by atoms with Crippen LogP contribution in [-0.2, 0) is 40.9 Å². The van der Waals surface area contributed by atoms with Crippen LogP contribution in [0.4, 0.5) is 4.79 Å². The fourth-order valence-corrected chi connectivity index (χ4v) is 9.37. The molecule has 328 valence electrons. The molecule has 3 heterocycles. The molecule has 2 aliphatic carbocycles. The number of rotatable bonds is 18. The summed E-state index contributed by atoms with van der Waals surface area (Å²) in [4.78, 5) is 82.4. The van der Waals surface area contributed by atoms with E-state index in [2.05, 4.69) is 37.1 Å². The summed E-state index contributed by atoms with van der Waals surface area (Å²) in [6.07, 6.45) is 9.74. The van der Waals surface area contributed by atoms with Gasteiger partial charge in [-0.3, -0.25) is 34.8 Å². The maximum atomic E-state index is 15.0. The summed E-state index contributed by atoms with van der Waals surface area (Å²) >= 11 is 0. The summed E-state index contributed by atoms with van der Waals surface area (Å²) in [5, 5.41) is 27.8. The van der Waals surface area contributed by atoms with Gasteiger partial charge in [-0.05, 0) is 69.8 Å². The monoisotopic (exact) mass is 834 g/mol. The second-order valence-corrected chi connectivity index (χ2v) is 17.4. The number of ketones is 1. The number of likely N-dealkylation sites (tertiary alicyclic amines) is 1. The van der Waals surface area contributed by atoms with Gasteiger partial charge in [-0.15, -0.1) is 5.10 Å². The molecule has 5 amide bonds. The fraction of sp³-hybridized carbons (Fsp3) is 0.667. The number of ether oxygens (including phenoxy) is 1. The summed E-state index contributed by atoms with van der Waals surface area (Å²) in [6.45, 7) is 4.30. The van der Waals surface area contributed by atoms with E-state index in [1.54, 1.807) is 13.8 Å². The van der Waals surface area contributed by atoms with Gasteiger partial charge in [0.25, 0.3) is 5.91 Å². The number of fused-ring (bicyclic) bond motifs is 1. The molecule has 7 atom stereocenters. The van der Waals surface area contributed by atoms with Crippen molar-refractivity contribution in [2.75, 3.05) is 19.6 Å². The number of aromatic nitrogens is 3. The third-order valence-electron chi connectivity index (χ3n) is 12.6. The number of nitrogens with zero attached hydrogens (tertiary/aromatic N) is 4. The normalized spacial score (nSPS) is 24.2. The Kier molecular flexibility index (Phi) is 15.3. The summed E-state index contributed by atoms with van der Waals surface area (Å²) in [5.41, 5.74) is 11.8. The van der Waals surface area contributed by atoms with Crippen molar-refractivity contribution in [2.45, 2.75) is 140 Å². The van der Waals surface area contributed by atoms with Crippen molar-refractivity contribution < 1.29 is 38.6 Å². The van der Waals surface area contributed by atoms with Gasteiger partial charge in [0.1, 0.15) is 24.3 Å². The number of hydrazine groups is 1. The van der Waals surface area contributed by atoms with Crippen LogP contribution in [0.3, 0.4) is 0 Å². The van der Waals surface area contributed by atoms with E-state index in [0.717, 1.165) is 57.1 Å². The van der Waals surface area contributed by atoms with Gasteiger partial charge in [0.15, 0.2) is 0 Å². The molecule has 2 saturated heterocycles. The SMILES string of the molecule is CC(C)(O)c1cnnn1[C@H]1C[C@@H](C(=O)NC(CCCCNC(=O)OCc2ccccc2)C(=O)C(N)=O)N(C(=O)[C@@H](CC2CCCCC2)NC(=O)C2CCCC3CNNC32)C1. The number of hydrogen-bond acceptors (Lipinski definition) is 12. The lowest BCUT2D eigenvalue weighted by Crippen LogP contribution is -2.58. The number of amides is 5. The lowest BCUT2D eigenvalue weighted by atomic mass is 9.77. The van der Waals surface area contributed by atoms with Crippen LogP contribution in [0, 0.1) is 17.8 Å². The van der Waals surface area contributed by atoms with Crippen LogP contribution < -0.4 is 32.5 Å². The molecule has 18 heteroatoms. The van der Waals surface area contributed by atoms with E-state index in [1.807, 2.05) is 30.3 Å². The van der Waals surface area contributed by atoms with Crippen molar-refractivity contribution in [3.8, 4) is 0 Å². The molecule has 2 aromatic rings. The van der Waals surface area contributed by atoms with E-state index in [1.165, 1.54) is 15.8 Å². The van der Waals surface area contributed by atoms with E-state index < -0.39 is 59.4 Å². The Labute approximate surface area is 350 Å². The molecular formula is C42H62N10O8. The number of unbranched alkanes of at least 4 members (excludes halogenated alkanes) is 1. The second kappa shape index (κ2) is 20.5. The summed E-state index contributed by atoms with van der Waals surface area (Å²) < 4.78 is 6.77. The number of alkyl carbamates (subject to hydrolysis) is 1. The number of nitrogens with one attached hydrogen (secondary N) is 5. The van der Waals surface area contributed by atoms with Crippen LogP contribution >= 0.6 is 0 Å². The van der Waals surface area contributed by atoms with Crippen LogP contribution in [0.25, 0.3) is 0 Å². The van der Waals surface area contributed by atoms with Gasteiger partial charge in [0, 0.05) is 32.1 Å². The van der Waals surface area contributed by atoms with Gasteiger partial charge in [0.2, 0.25) is 23.5 Å². The van der Waals surface area contributed by atoms with E-state index in [0.29, 0.717) is 37.3 Å². The smallest absolute Gasteiger partial charge is 0.407 e. The van der Waals surface area contributed by atoms with Crippen molar-refractivity contribution in [2.24, 2.45) is 23.5 Å². The Bertz CT molecular complexity index is 1810. The lowest BCUT2D eigenvalue weighted by Gasteiger charge is -2.35. The average Bonchev–Trinajstić information content (AvgIpc) is 4.03. The highest BCUT2D eigenvalue weighted by Crippen LogP contribution is 2.35. The summed E-state index contributed by atoms with van der Waals surface area (Å²) in [7, 11) is 0. The molecular weight excluding hydrogens is 773 g/mol. The van der Waals surface area contributed by atoms with Gasteiger partial charge >= 0.3 is 6.09 Å². The highest BCUT2D eigenvalue weighted by atomic mass is 16.5. The quantitative estimate of drug-likeness (QED) is 0.0837. The van der Waals surface area contributed by atoms with E-state index in [-0.39, 0.29) is 56.3 Å². The Morgan fingerprint density at radius 3 is 2.45 bits per heavy atom. The maximum absolute atomic E-state index is 15.0. The largest absolute Gasteiger partial charge is 0.445 e. The molecule has 0 bridgehead atoms. The third-order valence-corrected chi connectivity index (χ3v) is 12.6. The molecule has 2 saturated carbocycles. The highest BCUT2D eigenvalue weighted by molar-refractivity contribution is 6.37. The number of nitrogens with two attached hydrogens (primary N) is 1. The lowest BCUT2D eigenvalue weighted by molar-refractivity contribution is -0.144. The number of hydrogen-bond donors (Lipinski definition) is 7. The first-order chi connectivity index (χ1) is 28.8. The number of carbonyl (C=O) groups is 6. The van der Waals surface area contributed by atoms with Crippen molar-refractivity contribution in [1.82, 2.24) is 46.7 Å². The molecule has 0 radical (unpaired) electrons. The molecule has 6 rings (SSSR count). The third kappa shape index (κ3) is 11.5. The van der Waals surface area contributed by atoms with Crippen LogP contribution in [0.2, 0.25) is 0 Å². The number of benzene rings is 1. The summed E-state index contributed by atoms with van der Waals surface area (Å²) in [6, 6.07) is 5.26. The molecule has 4 fully saturated rings. The molecule has 4 aliphatic rings. The molecule has 0 spiro atoms. The molecule has 1 aromatic heterocycles. The van der Waals surface area contributed by atoms with E-state index in [4.69, 9.17) is 10.5 Å². The summed E-state index contributed by atoms with van der Waals surface area (Å²) in [5.74, 6) is -3.30. The molecule has 8 N–H and O–H groups in total. The Morgan fingerprint density at radius 2 is 1.72 bits per heavy atom. The van der Waals surface area contributed by atoms with E-state index in [9.17, 15) is 33.9 Å². The molecule has 2 aliphatic heterocycles. The van der Waals surface area contributed by atoms with Gasteiger partial charge in [0.05, 0.1) is 29.9 Å². The van der Waals surface area contributed by atoms with Gasteiger partial charge in [-0.1, -0.05) is 74.1 Å². The molecule has 1 aromatic carbocycles. The topological polar surface area (TPSA) is 252 Å². The Hall–Kier alpha value is -4.94. The first kappa shape index (κ1) is 44.6. The van der Waals surface area contributed by atoms with Crippen LogP contribution in [0.1, 0.15) is 115 Å². The fourth-order valence-electron chi connectivity index (χ4n) is 9.37. The standard InChI is InChI=1S/C42H62N10O8/c1-42(2,59)34-23-46-50-52(34)29-21-33(39(56)47-31(36(53)37(43)54)18-9-10-19-44-41(58)60-25-27-14-7-4-8-15-27)51(24-29)40(57)32(20-26-12-5-3-6-13-26)48-38(55)30-17-11-16-28-22-45-49-35(28)30/h4,7-8,14-15,23,26,28-33,35,45,49,59H,3,5-6,9-13,16-22,24-25H2,1-2H3,(H2,43,54)(H,44,58)(H,47,56)(H,48,55)/t28?,29-,30?,31?,32+,33-,35?/m0/s1. The minimum Gasteiger partial charge on any atom is -0.445 e. The van der Waals surface area contributed by atoms with E-state index >= 15 is 0 Å². The van der Waals surface area contributed by atoms with Crippen molar-refractivity contribution in [3.63, 3.8) is 0 Å². The highest BCUT2D eigenvalue weighted by Gasteiger charge is 2.47. The van der Waals surface area contributed by atoms with Crippen molar-refractivity contribution in [3.05, 3.63) is 47.8 Å². The molecule has 18 nitrogen and oxygen atoms in total. The number of carbonyl (C=O) groups excluding carboxylic acids is 6. The zero-order valence-corrected chi connectivity index (χ0v) is 34.8. The molecule has 60 heavy (non-hydrogen) atoms. The van der Waals surface area contributed by atoms with Gasteiger partial charge in [-0.25, -0.2) is 9.48 Å².